The minimum absolute atomic E-state index is 0.211. The van der Waals surface area contributed by atoms with E-state index in [0.29, 0.717) is 12.8 Å². The minimum atomic E-state index is -3.58. The summed E-state index contributed by atoms with van der Waals surface area (Å²) in [6.45, 7) is 9.03. The molecule has 0 aromatic heterocycles. The second kappa shape index (κ2) is 5.48. The molecule has 0 aromatic rings. The Bertz CT molecular complexity index is 431. The summed E-state index contributed by atoms with van der Waals surface area (Å²) in [5, 5.41) is -0.599. The predicted molar refractivity (Wildman–Crippen MR) is 74.8 cm³/mol. The molecule has 0 radical (unpaired) electrons. The van der Waals surface area contributed by atoms with Crippen molar-refractivity contribution in [2.45, 2.75) is 70.4 Å². The highest BCUT2D eigenvalue weighted by Crippen LogP contribution is 2.30. The lowest BCUT2D eigenvalue weighted by molar-refractivity contribution is 0.000429. The maximum atomic E-state index is 12.1. The van der Waals surface area contributed by atoms with Crippen LogP contribution in [0.15, 0.2) is 0 Å². The third kappa shape index (κ3) is 4.53. The number of halogens is 1. The van der Waals surface area contributed by atoms with Crippen LogP contribution in [0.5, 0.6) is 0 Å². The van der Waals surface area contributed by atoms with Crippen LogP contribution in [0.3, 0.4) is 0 Å². The number of amides is 1. The van der Waals surface area contributed by atoms with E-state index in [0.717, 1.165) is 0 Å². The van der Waals surface area contributed by atoms with Crippen molar-refractivity contribution >= 4 is 25.8 Å². The molecule has 2 atom stereocenters. The molecule has 1 rings (SSSR count). The Balaban J connectivity index is 2.81. The van der Waals surface area contributed by atoms with Crippen LogP contribution in [-0.4, -0.2) is 42.3 Å². The van der Waals surface area contributed by atoms with Gasteiger partial charge in [-0.1, -0.05) is 0 Å². The lowest BCUT2D eigenvalue weighted by Crippen LogP contribution is -2.53. The molecule has 0 aromatic carbocycles. The van der Waals surface area contributed by atoms with E-state index >= 15 is 0 Å². The van der Waals surface area contributed by atoms with Gasteiger partial charge in [0.25, 0.3) is 0 Å². The first-order valence-electron chi connectivity index (χ1n) is 6.36. The van der Waals surface area contributed by atoms with Gasteiger partial charge >= 0.3 is 6.09 Å². The Morgan fingerprint density at radius 3 is 1.95 bits per heavy atom. The van der Waals surface area contributed by atoms with Crippen LogP contribution < -0.4 is 0 Å². The van der Waals surface area contributed by atoms with Gasteiger partial charge in [-0.15, -0.1) is 0 Å². The third-order valence-corrected chi connectivity index (χ3v) is 5.10. The highest BCUT2D eigenvalue weighted by atomic mass is 35.7. The number of hydrogen-bond donors (Lipinski definition) is 0. The van der Waals surface area contributed by atoms with E-state index in [9.17, 15) is 13.2 Å². The topological polar surface area (TPSA) is 63.7 Å². The molecule has 0 bridgehead atoms. The Morgan fingerprint density at radius 1 is 1.21 bits per heavy atom. The second-order valence-electron chi connectivity index (χ2n) is 6.15. The van der Waals surface area contributed by atoms with Gasteiger partial charge in [0.1, 0.15) is 5.60 Å². The number of ether oxygens (including phenoxy) is 1. The maximum Gasteiger partial charge on any atom is 0.410 e. The Labute approximate surface area is 119 Å². The van der Waals surface area contributed by atoms with Crippen LogP contribution >= 0.6 is 10.7 Å². The zero-order chi connectivity index (χ0) is 15.0. The highest BCUT2D eigenvalue weighted by Gasteiger charge is 2.40. The normalized spacial score (nSPS) is 29.2. The maximum absolute atomic E-state index is 12.1. The van der Waals surface area contributed by atoms with Crippen molar-refractivity contribution < 1.29 is 17.9 Å². The predicted octanol–water partition coefficient (Wildman–Crippen LogP) is 2.73. The van der Waals surface area contributed by atoms with E-state index in [4.69, 9.17) is 15.4 Å². The summed E-state index contributed by atoms with van der Waals surface area (Å²) in [5.41, 5.74) is -0.564. The molecule has 1 fully saturated rings. The minimum Gasteiger partial charge on any atom is -0.444 e. The zero-order valence-corrected chi connectivity index (χ0v) is 13.6. The molecule has 0 aliphatic carbocycles. The molecule has 19 heavy (non-hydrogen) atoms. The second-order valence-corrected chi connectivity index (χ2v) is 9.06. The van der Waals surface area contributed by atoms with Gasteiger partial charge in [-0.2, -0.15) is 0 Å². The Morgan fingerprint density at radius 2 is 1.63 bits per heavy atom. The van der Waals surface area contributed by atoms with Gasteiger partial charge in [0.05, 0.1) is 5.25 Å². The van der Waals surface area contributed by atoms with Crippen molar-refractivity contribution in [2.75, 3.05) is 0 Å². The molecule has 1 saturated heterocycles. The smallest absolute Gasteiger partial charge is 0.410 e. The van der Waals surface area contributed by atoms with E-state index in [2.05, 4.69) is 0 Å². The lowest BCUT2D eigenvalue weighted by Gasteiger charge is -2.41. The number of carbonyl (C=O) groups is 1. The molecule has 112 valence electrons. The highest BCUT2D eigenvalue weighted by molar-refractivity contribution is 8.14. The first-order valence-corrected chi connectivity index (χ1v) is 8.74. The summed E-state index contributed by atoms with van der Waals surface area (Å²) in [6.07, 6.45) is 0.281. The summed E-state index contributed by atoms with van der Waals surface area (Å²) >= 11 is 0. The Hall–Kier alpha value is -0.490. The quantitative estimate of drug-likeness (QED) is 0.698. The molecule has 1 aliphatic heterocycles. The average molecular weight is 312 g/mol. The van der Waals surface area contributed by atoms with Gasteiger partial charge in [0.2, 0.25) is 9.05 Å². The molecule has 2 unspecified atom stereocenters. The van der Waals surface area contributed by atoms with E-state index in [-0.39, 0.29) is 12.1 Å². The van der Waals surface area contributed by atoms with Crippen LogP contribution in [0.2, 0.25) is 0 Å². The van der Waals surface area contributed by atoms with E-state index < -0.39 is 26.0 Å². The first kappa shape index (κ1) is 16.6. The monoisotopic (exact) mass is 311 g/mol. The first-order chi connectivity index (χ1) is 8.42. The summed E-state index contributed by atoms with van der Waals surface area (Å²) < 4.78 is 28.2. The van der Waals surface area contributed by atoms with Gasteiger partial charge in [-0.25, -0.2) is 13.2 Å². The number of likely N-dealkylation sites (tertiary alicyclic amines) is 1. The molecule has 1 aliphatic rings. The fraction of sp³-hybridized carbons (Fsp3) is 0.917. The fourth-order valence-corrected chi connectivity index (χ4v) is 3.88. The molecular weight excluding hydrogens is 290 g/mol. The molecule has 1 amide bonds. The number of rotatable bonds is 1. The molecule has 0 saturated carbocycles. The molecular formula is C12H22ClNO4S. The molecule has 7 heteroatoms. The Kier molecular flexibility index (Phi) is 4.78. The summed E-state index contributed by atoms with van der Waals surface area (Å²) in [4.78, 5) is 13.7. The van der Waals surface area contributed by atoms with Gasteiger partial charge in [-0.3, -0.25) is 0 Å². The molecule has 1 heterocycles. The van der Waals surface area contributed by atoms with Crippen molar-refractivity contribution in [2.24, 2.45) is 0 Å². The molecule has 5 nitrogen and oxygen atoms in total. The molecule has 0 N–H and O–H groups in total. The van der Waals surface area contributed by atoms with Gasteiger partial charge in [0.15, 0.2) is 0 Å². The summed E-state index contributed by atoms with van der Waals surface area (Å²) in [7, 11) is 1.83. The van der Waals surface area contributed by atoms with Crippen LogP contribution in [-0.2, 0) is 13.8 Å². The van der Waals surface area contributed by atoms with Crippen LogP contribution in [0, 0.1) is 0 Å². The third-order valence-electron chi connectivity index (χ3n) is 3.16. The van der Waals surface area contributed by atoms with E-state index in [1.807, 2.05) is 13.8 Å². The van der Waals surface area contributed by atoms with Crippen LogP contribution in [0.25, 0.3) is 0 Å². The van der Waals surface area contributed by atoms with Gasteiger partial charge in [0, 0.05) is 22.8 Å². The van der Waals surface area contributed by atoms with Crippen molar-refractivity contribution in [1.82, 2.24) is 4.90 Å². The van der Waals surface area contributed by atoms with Crippen molar-refractivity contribution in [3.63, 3.8) is 0 Å². The summed E-state index contributed by atoms with van der Waals surface area (Å²) in [6, 6.07) is -0.422. The van der Waals surface area contributed by atoms with E-state index in [1.165, 1.54) is 0 Å². The number of nitrogens with zero attached hydrogens (tertiary/aromatic N) is 1. The van der Waals surface area contributed by atoms with Crippen LogP contribution in [0.4, 0.5) is 4.79 Å². The average Bonchev–Trinajstić information content (AvgIpc) is 2.11. The number of hydrogen-bond acceptors (Lipinski definition) is 4. The lowest BCUT2D eigenvalue weighted by atomic mass is 9.97. The number of piperidine rings is 1. The molecule has 0 spiro atoms. The SMILES string of the molecule is CC1CC(S(=O)(=O)Cl)CC(C)N1C(=O)OC(C)(C)C. The largest absolute Gasteiger partial charge is 0.444 e. The summed E-state index contributed by atoms with van der Waals surface area (Å²) in [5.74, 6) is 0. The van der Waals surface area contributed by atoms with Crippen molar-refractivity contribution in [1.29, 1.82) is 0 Å². The fourth-order valence-electron chi connectivity index (χ4n) is 2.42. The standard InChI is InChI=1S/C12H22ClNO4S/c1-8-6-10(19(13,16)17)7-9(2)14(8)11(15)18-12(3,4)5/h8-10H,6-7H2,1-5H3. The van der Waals surface area contributed by atoms with Crippen molar-refractivity contribution in [3.8, 4) is 0 Å². The van der Waals surface area contributed by atoms with Crippen molar-refractivity contribution in [3.05, 3.63) is 0 Å². The number of carbonyl (C=O) groups excluding carboxylic acids is 1. The van der Waals surface area contributed by atoms with Gasteiger partial charge in [-0.05, 0) is 47.5 Å². The van der Waals surface area contributed by atoms with Crippen LogP contribution in [0.1, 0.15) is 47.5 Å². The van der Waals surface area contributed by atoms with Gasteiger partial charge < -0.3 is 9.64 Å². The van der Waals surface area contributed by atoms with E-state index in [1.54, 1.807) is 25.7 Å². The zero-order valence-electron chi connectivity index (χ0n) is 12.0.